The van der Waals surface area contributed by atoms with Crippen LogP contribution in [0.25, 0.3) is 0 Å². The third-order valence-corrected chi connectivity index (χ3v) is 6.93. The number of primary amides is 1. The van der Waals surface area contributed by atoms with Crippen molar-refractivity contribution in [2.75, 3.05) is 7.11 Å². The van der Waals surface area contributed by atoms with Gasteiger partial charge in [-0.2, -0.15) is 17.6 Å². The van der Waals surface area contributed by atoms with Gasteiger partial charge in [-0.1, -0.05) is 13.0 Å². The normalized spacial score (nSPS) is 27.2. The minimum atomic E-state index is -4.82. The molecular formula is C24H24F5N3O4. The number of fused-ring (bicyclic) bond motifs is 1. The second-order valence-electron chi connectivity index (χ2n) is 9.45. The Morgan fingerprint density at radius 2 is 1.86 bits per heavy atom. The number of carbonyl (C=O) groups excluding carboxylic acids is 1. The highest BCUT2D eigenvalue weighted by Gasteiger charge is 2.66. The molecule has 3 heterocycles. The van der Waals surface area contributed by atoms with Crippen LogP contribution in [0, 0.1) is 17.6 Å². The minimum Gasteiger partial charge on any atom is -0.493 e. The van der Waals surface area contributed by atoms with Crippen LogP contribution in [0.2, 0.25) is 0 Å². The number of alkyl halides is 3. The van der Waals surface area contributed by atoms with Gasteiger partial charge < -0.3 is 19.9 Å². The van der Waals surface area contributed by atoms with Crippen molar-refractivity contribution in [1.82, 2.24) is 4.98 Å². The maximum Gasteiger partial charge on any atom is 0.417 e. The highest BCUT2D eigenvalue weighted by Crippen LogP contribution is 2.56. The molecule has 4 rings (SSSR count). The fourth-order valence-corrected chi connectivity index (χ4v) is 4.74. The van der Waals surface area contributed by atoms with Crippen LogP contribution in [-0.4, -0.2) is 41.8 Å². The summed E-state index contributed by atoms with van der Waals surface area (Å²) in [6, 6.07) is 3.28. The van der Waals surface area contributed by atoms with E-state index in [4.69, 9.17) is 19.9 Å². The van der Waals surface area contributed by atoms with Crippen LogP contribution in [0.5, 0.6) is 5.75 Å². The zero-order chi connectivity index (χ0) is 26.8. The monoisotopic (exact) mass is 513 g/mol. The molecular weight excluding hydrogens is 489 g/mol. The zero-order valence-corrected chi connectivity index (χ0v) is 20.0. The van der Waals surface area contributed by atoms with Gasteiger partial charge in [-0.3, -0.25) is 9.78 Å². The number of nitrogens with two attached hydrogens (primary N) is 1. The van der Waals surface area contributed by atoms with Crippen molar-refractivity contribution in [2.24, 2.45) is 16.6 Å². The van der Waals surface area contributed by atoms with Crippen molar-refractivity contribution in [3.63, 3.8) is 0 Å². The summed E-state index contributed by atoms with van der Waals surface area (Å²) in [5, 5.41) is 0. The maximum atomic E-state index is 14.6. The van der Waals surface area contributed by atoms with Crippen molar-refractivity contribution in [3.05, 3.63) is 52.9 Å². The van der Waals surface area contributed by atoms with Crippen molar-refractivity contribution in [2.45, 2.75) is 57.1 Å². The van der Waals surface area contributed by atoms with E-state index in [1.54, 1.807) is 13.8 Å². The fraction of sp³-hybridized carbons (Fsp3) is 0.458. The molecule has 1 saturated heterocycles. The van der Waals surface area contributed by atoms with Crippen molar-refractivity contribution < 1.29 is 41.0 Å². The summed E-state index contributed by atoms with van der Waals surface area (Å²) in [6.07, 6.45) is -4.94. The lowest BCUT2D eigenvalue weighted by Gasteiger charge is -2.35. The standard InChI is InChI=1S/C24H24F5N3O4/c1-10-16(11-6-7-13(25)17(26)18(11)34-5)19(35-23(10,4)24(27,28)29)21-32-14-8-15(20(30)33)31-9-12(14)22(2,3)36-21/h6-10,16,19H,1-5H3,(H2,30,33)/t10-,16-,19+,23+/m0/s1. The number of hydrogen-bond acceptors (Lipinski definition) is 6. The van der Waals surface area contributed by atoms with Crippen LogP contribution >= 0.6 is 0 Å². The number of carbonyl (C=O) groups is 1. The van der Waals surface area contributed by atoms with Crippen LogP contribution < -0.4 is 10.5 Å². The summed E-state index contributed by atoms with van der Waals surface area (Å²) < 4.78 is 88.0. The third kappa shape index (κ3) is 3.87. The number of rotatable bonds is 4. The van der Waals surface area contributed by atoms with Crippen molar-refractivity contribution in [1.29, 1.82) is 0 Å². The smallest absolute Gasteiger partial charge is 0.417 e. The summed E-state index contributed by atoms with van der Waals surface area (Å²) in [7, 11) is 1.09. The van der Waals surface area contributed by atoms with Gasteiger partial charge in [0.05, 0.1) is 12.8 Å². The lowest BCUT2D eigenvalue weighted by atomic mass is 9.76. The second kappa shape index (κ2) is 8.39. The van der Waals surface area contributed by atoms with E-state index >= 15 is 0 Å². The molecule has 0 radical (unpaired) electrons. The molecule has 0 spiro atoms. The summed E-state index contributed by atoms with van der Waals surface area (Å²) in [5.74, 6) is -6.64. The van der Waals surface area contributed by atoms with E-state index in [9.17, 15) is 26.7 Å². The predicted molar refractivity (Wildman–Crippen MR) is 118 cm³/mol. The average molecular weight is 513 g/mol. The van der Waals surface area contributed by atoms with Crippen LogP contribution in [0.4, 0.5) is 27.6 Å². The molecule has 1 aromatic carbocycles. The van der Waals surface area contributed by atoms with E-state index in [0.717, 1.165) is 26.2 Å². The van der Waals surface area contributed by atoms with E-state index in [1.165, 1.54) is 19.2 Å². The van der Waals surface area contributed by atoms with Gasteiger partial charge in [0.25, 0.3) is 5.91 Å². The average Bonchev–Trinajstić information content (AvgIpc) is 3.06. The number of methoxy groups -OCH3 is 1. The molecule has 0 unspecified atom stereocenters. The highest BCUT2D eigenvalue weighted by molar-refractivity contribution is 5.93. The Balaban J connectivity index is 1.93. The Labute approximate surface area is 203 Å². The Morgan fingerprint density at radius 3 is 2.44 bits per heavy atom. The quantitative estimate of drug-likeness (QED) is 0.587. The number of aliphatic imine (C=N–C) groups is 1. The first kappa shape index (κ1) is 25.8. The lowest BCUT2D eigenvalue weighted by Crippen LogP contribution is -2.47. The van der Waals surface area contributed by atoms with Gasteiger partial charge in [-0.05, 0) is 32.9 Å². The summed E-state index contributed by atoms with van der Waals surface area (Å²) in [5.41, 5.74) is 2.02. The van der Waals surface area contributed by atoms with E-state index < -0.39 is 58.6 Å². The molecule has 12 heteroatoms. The molecule has 2 aromatic rings. The number of amides is 1. The van der Waals surface area contributed by atoms with Crippen LogP contribution in [0.3, 0.4) is 0 Å². The Morgan fingerprint density at radius 1 is 1.19 bits per heavy atom. The van der Waals surface area contributed by atoms with Crippen molar-refractivity contribution in [3.8, 4) is 5.75 Å². The maximum absolute atomic E-state index is 14.6. The number of ether oxygens (including phenoxy) is 3. The molecule has 194 valence electrons. The van der Waals surface area contributed by atoms with E-state index in [-0.39, 0.29) is 22.8 Å². The minimum absolute atomic E-state index is 0.0377. The van der Waals surface area contributed by atoms with Gasteiger partial charge in [0.2, 0.25) is 11.7 Å². The van der Waals surface area contributed by atoms with Gasteiger partial charge in [-0.25, -0.2) is 9.38 Å². The highest BCUT2D eigenvalue weighted by atomic mass is 19.4. The number of aromatic nitrogens is 1. The molecule has 0 bridgehead atoms. The zero-order valence-electron chi connectivity index (χ0n) is 20.0. The topological polar surface area (TPSA) is 96.0 Å². The Bertz CT molecular complexity index is 1260. The number of nitrogens with zero attached hydrogens (tertiary/aromatic N) is 2. The van der Waals surface area contributed by atoms with Gasteiger partial charge in [-0.15, -0.1) is 0 Å². The number of halogens is 5. The van der Waals surface area contributed by atoms with Crippen LogP contribution in [0.1, 0.15) is 55.2 Å². The first-order valence-electron chi connectivity index (χ1n) is 11.0. The van der Waals surface area contributed by atoms with Gasteiger partial charge in [0.1, 0.15) is 17.4 Å². The molecule has 0 aliphatic carbocycles. The summed E-state index contributed by atoms with van der Waals surface area (Å²) in [4.78, 5) is 20.0. The third-order valence-electron chi connectivity index (χ3n) is 6.93. The first-order valence-corrected chi connectivity index (χ1v) is 11.0. The number of pyridine rings is 1. The SMILES string of the molecule is COc1c([C@H]2[C@H](C3=Nc4cc(C(N)=O)ncc4C(C)(C)O3)O[C@@](C)(C(F)(F)F)[C@H]2C)ccc(F)c1F. The van der Waals surface area contributed by atoms with Gasteiger partial charge in [0.15, 0.2) is 17.2 Å². The second-order valence-corrected chi connectivity index (χ2v) is 9.45. The van der Waals surface area contributed by atoms with E-state index in [0.29, 0.717) is 5.56 Å². The molecule has 1 fully saturated rings. The molecule has 1 aromatic heterocycles. The Kier molecular flexibility index (Phi) is 6.02. The van der Waals surface area contributed by atoms with Crippen molar-refractivity contribution >= 4 is 17.5 Å². The Hall–Kier alpha value is -3.28. The molecule has 2 aliphatic heterocycles. The van der Waals surface area contributed by atoms with Gasteiger partial charge in [0, 0.05) is 29.2 Å². The summed E-state index contributed by atoms with van der Waals surface area (Å²) in [6.45, 7) is 5.46. The molecule has 1 amide bonds. The number of hydrogen-bond donors (Lipinski definition) is 1. The van der Waals surface area contributed by atoms with Crippen LogP contribution in [-0.2, 0) is 15.1 Å². The molecule has 7 nitrogen and oxygen atoms in total. The molecule has 2 N–H and O–H groups in total. The van der Waals surface area contributed by atoms with E-state index in [1.807, 2.05) is 0 Å². The predicted octanol–water partition coefficient (Wildman–Crippen LogP) is 4.90. The van der Waals surface area contributed by atoms with E-state index in [2.05, 4.69) is 9.98 Å². The first-order chi connectivity index (χ1) is 16.6. The fourth-order valence-electron chi connectivity index (χ4n) is 4.74. The molecule has 0 saturated carbocycles. The number of benzene rings is 1. The lowest BCUT2D eigenvalue weighted by molar-refractivity contribution is -0.271. The summed E-state index contributed by atoms with van der Waals surface area (Å²) >= 11 is 0. The molecule has 36 heavy (non-hydrogen) atoms. The molecule has 4 atom stereocenters. The molecule has 2 aliphatic rings. The largest absolute Gasteiger partial charge is 0.493 e. The van der Waals surface area contributed by atoms with Crippen LogP contribution in [0.15, 0.2) is 29.4 Å². The van der Waals surface area contributed by atoms with Gasteiger partial charge >= 0.3 is 6.18 Å².